The van der Waals surface area contributed by atoms with Gasteiger partial charge in [-0.25, -0.2) is 4.99 Å². The first kappa shape index (κ1) is 21.6. The Hall–Kier alpha value is -3.10. The molecule has 2 aromatic rings. The first-order chi connectivity index (χ1) is 14.5. The normalized spacial score (nSPS) is 14.7. The van der Waals surface area contributed by atoms with Crippen LogP contribution in [0.15, 0.2) is 35.6 Å². The smallest absolute Gasteiger partial charge is 0.306 e. The average molecular weight is 415 g/mol. The maximum Gasteiger partial charge on any atom is 0.306 e. The minimum atomic E-state index is -0.449. The molecule has 1 aromatic heterocycles. The molecule has 0 unspecified atom stereocenters. The molecule has 1 heterocycles. The summed E-state index contributed by atoms with van der Waals surface area (Å²) in [5.74, 6) is 1.61. The first-order valence-electron chi connectivity index (χ1n) is 10.5. The molecule has 1 saturated carbocycles. The van der Waals surface area contributed by atoms with E-state index in [0.29, 0.717) is 31.7 Å². The molecule has 0 amide bonds. The lowest BCUT2D eigenvalue weighted by molar-refractivity contribution is -0.385. The van der Waals surface area contributed by atoms with Gasteiger partial charge in [-0.3, -0.25) is 14.8 Å². The third-order valence-electron chi connectivity index (χ3n) is 5.03. The summed E-state index contributed by atoms with van der Waals surface area (Å²) in [5.41, 5.74) is 2.23. The van der Waals surface area contributed by atoms with E-state index < -0.39 is 4.92 Å². The number of benzene rings is 1. The van der Waals surface area contributed by atoms with Gasteiger partial charge in [-0.1, -0.05) is 12.1 Å². The summed E-state index contributed by atoms with van der Waals surface area (Å²) in [5, 5.41) is 21.2. The minimum absolute atomic E-state index is 0.00950. The lowest BCUT2D eigenvalue weighted by atomic mass is 10.1. The van der Waals surface area contributed by atoms with Crippen molar-refractivity contribution < 1.29 is 9.66 Å². The molecule has 0 saturated heterocycles. The number of ether oxygens (including phenoxy) is 1. The van der Waals surface area contributed by atoms with Crippen LogP contribution in [0.1, 0.15) is 43.7 Å². The molecule has 0 bridgehead atoms. The molecule has 9 heteroatoms. The van der Waals surface area contributed by atoms with Gasteiger partial charge in [0.2, 0.25) is 0 Å². The second-order valence-electron chi connectivity index (χ2n) is 7.48. The molecule has 3 rings (SSSR count). The molecule has 30 heavy (non-hydrogen) atoms. The van der Waals surface area contributed by atoms with Gasteiger partial charge in [0.25, 0.3) is 0 Å². The van der Waals surface area contributed by atoms with Gasteiger partial charge in [-0.05, 0) is 51.2 Å². The van der Waals surface area contributed by atoms with Gasteiger partial charge in [0, 0.05) is 18.7 Å². The van der Waals surface area contributed by atoms with Crippen LogP contribution in [-0.4, -0.2) is 39.9 Å². The average Bonchev–Trinajstić information content (AvgIpc) is 3.39. The molecule has 0 atom stereocenters. The van der Waals surface area contributed by atoms with Crippen molar-refractivity contribution in [3.63, 3.8) is 0 Å². The molecule has 1 fully saturated rings. The fraction of sp³-hybridized carbons (Fsp3) is 0.524. The minimum Gasteiger partial charge on any atom is -0.490 e. The number of nitro groups is 1. The predicted molar refractivity (Wildman–Crippen MR) is 116 cm³/mol. The van der Waals surface area contributed by atoms with Crippen LogP contribution in [0.2, 0.25) is 0 Å². The number of aryl methyl sites for hydroxylation is 1. The topological polar surface area (TPSA) is 107 Å². The molecule has 1 aliphatic carbocycles. The second-order valence-corrected chi connectivity index (χ2v) is 7.48. The zero-order valence-electron chi connectivity index (χ0n) is 17.6. The van der Waals surface area contributed by atoms with Crippen molar-refractivity contribution in [3.05, 3.63) is 51.8 Å². The van der Waals surface area contributed by atoms with Crippen LogP contribution < -0.4 is 15.4 Å². The van der Waals surface area contributed by atoms with Crippen LogP contribution in [-0.2, 0) is 13.1 Å². The highest BCUT2D eigenvalue weighted by Gasteiger charge is 2.18. The van der Waals surface area contributed by atoms with Crippen LogP contribution in [0.4, 0.5) is 5.69 Å². The fourth-order valence-electron chi connectivity index (χ4n) is 3.45. The SMILES string of the molecule is CCNC(=NCc1ccc(C)cc1OC1CCCC1)NCCn1cc([N+](=O)[O-])cn1. The predicted octanol–water partition coefficient (Wildman–Crippen LogP) is 3.18. The van der Waals surface area contributed by atoms with E-state index in [4.69, 9.17) is 4.74 Å². The van der Waals surface area contributed by atoms with Gasteiger partial charge in [0.05, 0.1) is 24.1 Å². The monoisotopic (exact) mass is 414 g/mol. The number of nitrogens with zero attached hydrogens (tertiary/aromatic N) is 4. The molecular formula is C21H30N6O3. The number of aliphatic imine (C=N–C) groups is 1. The molecule has 2 N–H and O–H groups in total. The lowest BCUT2D eigenvalue weighted by Gasteiger charge is -2.17. The van der Waals surface area contributed by atoms with Crippen molar-refractivity contribution in [2.45, 2.75) is 58.7 Å². The Labute approximate surface area is 176 Å². The number of aromatic nitrogens is 2. The lowest BCUT2D eigenvalue weighted by Crippen LogP contribution is -2.38. The number of guanidine groups is 1. The van der Waals surface area contributed by atoms with Crippen molar-refractivity contribution in [3.8, 4) is 5.75 Å². The number of nitrogens with one attached hydrogen (secondary N) is 2. The van der Waals surface area contributed by atoms with E-state index in [1.165, 1.54) is 30.8 Å². The van der Waals surface area contributed by atoms with Crippen LogP contribution in [0.25, 0.3) is 0 Å². The summed E-state index contributed by atoms with van der Waals surface area (Å²) >= 11 is 0. The largest absolute Gasteiger partial charge is 0.490 e. The van der Waals surface area contributed by atoms with Crippen molar-refractivity contribution in [2.24, 2.45) is 4.99 Å². The highest BCUT2D eigenvalue weighted by Crippen LogP contribution is 2.28. The summed E-state index contributed by atoms with van der Waals surface area (Å²) in [6.07, 6.45) is 7.68. The van der Waals surface area contributed by atoms with Crippen molar-refractivity contribution in [2.75, 3.05) is 13.1 Å². The van der Waals surface area contributed by atoms with E-state index >= 15 is 0 Å². The molecule has 0 spiro atoms. The molecule has 0 aliphatic heterocycles. The summed E-state index contributed by atoms with van der Waals surface area (Å²) in [4.78, 5) is 15.0. The van der Waals surface area contributed by atoms with Gasteiger partial charge in [0.1, 0.15) is 18.1 Å². The number of hydrogen-bond donors (Lipinski definition) is 2. The van der Waals surface area contributed by atoms with E-state index in [1.54, 1.807) is 4.68 Å². The standard InChI is InChI=1S/C21H30N6O3/c1-3-22-21(23-10-11-26-15-18(14-25-26)27(28)29)24-13-17-9-8-16(2)12-20(17)30-19-6-4-5-7-19/h8-9,12,14-15,19H,3-7,10-11,13H2,1-2H3,(H2,22,23,24). The Bertz CT molecular complexity index is 873. The first-order valence-corrected chi connectivity index (χ1v) is 10.5. The van der Waals surface area contributed by atoms with Crippen molar-refractivity contribution >= 4 is 11.6 Å². The molecule has 1 aliphatic rings. The summed E-state index contributed by atoms with van der Waals surface area (Å²) in [7, 11) is 0. The van der Waals surface area contributed by atoms with Gasteiger partial charge in [-0.2, -0.15) is 5.10 Å². The Kier molecular flexibility index (Phi) is 7.64. The zero-order valence-corrected chi connectivity index (χ0v) is 17.6. The summed E-state index contributed by atoms with van der Waals surface area (Å²) < 4.78 is 7.81. The van der Waals surface area contributed by atoms with Crippen molar-refractivity contribution in [1.82, 2.24) is 20.4 Å². The maximum atomic E-state index is 10.8. The van der Waals surface area contributed by atoms with E-state index in [0.717, 1.165) is 30.7 Å². The maximum absolute atomic E-state index is 10.8. The Morgan fingerprint density at radius 1 is 1.37 bits per heavy atom. The highest BCUT2D eigenvalue weighted by molar-refractivity contribution is 5.79. The van der Waals surface area contributed by atoms with Gasteiger partial charge in [0.15, 0.2) is 5.96 Å². The van der Waals surface area contributed by atoms with Gasteiger partial charge < -0.3 is 15.4 Å². The summed E-state index contributed by atoms with van der Waals surface area (Å²) in [6.45, 7) is 6.36. The Morgan fingerprint density at radius 3 is 2.87 bits per heavy atom. The third kappa shape index (κ3) is 6.20. The Balaban J connectivity index is 1.60. The van der Waals surface area contributed by atoms with Crippen LogP contribution in [0.5, 0.6) is 5.75 Å². The van der Waals surface area contributed by atoms with Crippen molar-refractivity contribution in [1.29, 1.82) is 0 Å². The summed E-state index contributed by atoms with van der Waals surface area (Å²) in [6, 6.07) is 6.25. The third-order valence-corrected chi connectivity index (χ3v) is 5.03. The van der Waals surface area contributed by atoms with E-state index in [1.807, 2.05) is 6.92 Å². The van der Waals surface area contributed by atoms with E-state index in [2.05, 4.69) is 45.8 Å². The zero-order chi connectivity index (χ0) is 21.3. The quantitative estimate of drug-likeness (QED) is 0.282. The van der Waals surface area contributed by atoms with Gasteiger partial charge in [-0.15, -0.1) is 0 Å². The van der Waals surface area contributed by atoms with Gasteiger partial charge >= 0.3 is 5.69 Å². The highest BCUT2D eigenvalue weighted by atomic mass is 16.6. The molecule has 162 valence electrons. The number of hydrogen-bond acceptors (Lipinski definition) is 5. The number of rotatable bonds is 9. The molecule has 9 nitrogen and oxygen atoms in total. The second kappa shape index (κ2) is 10.6. The molecule has 1 aromatic carbocycles. The van der Waals surface area contributed by atoms with E-state index in [-0.39, 0.29) is 5.69 Å². The molecular weight excluding hydrogens is 384 g/mol. The Morgan fingerprint density at radius 2 is 2.17 bits per heavy atom. The van der Waals surface area contributed by atoms with Crippen LogP contribution in [0.3, 0.4) is 0 Å². The van der Waals surface area contributed by atoms with E-state index in [9.17, 15) is 10.1 Å². The molecule has 0 radical (unpaired) electrons. The fourth-order valence-corrected chi connectivity index (χ4v) is 3.45. The van der Waals surface area contributed by atoms with Crippen LogP contribution >= 0.6 is 0 Å². The van der Waals surface area contributed by atoms with Crippen LogP contribution in [0, 0.1) is 17.0 Å².